The smallest absolute Gasteiger partial charge is 0.384 e. The summed E-state index contributed by atoms with van der Waals surface area (Å²) < 4.78 is 26.7. The first-order valence-corrected chi connectivity index (χ1v) is 8.91. The minimum absolute atomic E-state index is 0.259. The Morgan fingerprint density at radius 3 is 1.80 bits per heavy atom. The molecule has 2 aromatic carbocycles. The van der Waals surface area contributed by atoms with E-state index in [1.165, 1.54) is 7.11 Å². The zero-order chi connectivity index (χ0) is 21.8. The van der Waals surface area contributed by atoms with Crippen LogP contribution in [0.4, 0.5) is 0 Å². The van der Waals surface area contributed by atoms with E-state index in [1.54, 1.807) is 60.7 Å². The van der Waals surface area contributed by atoms with E-state index in [0.717, 1.165) is 20.3 Å². The van der Waals surface area contributed by atoms with E-state index in [9.17, 15) is 14.4 Å². The number of rotatable bonds is 5. The quantitative estimate of drug-likeness (QED) is 0.419. The maximum Gasteiger partial charge on any atom is 0.384 e. The van der Waals surface area contributed by atoms with Crippen LogP contribution >= 0.6 is 0 Å². The first-order chi connectivity index (χ1) is 14.4. The van der Waals surface area contributed by atoms with Gasteiger partial charge in [-0.15, -0.1) is 0 Å². The third kappa shape index (κ3) is 3.31. The van der Waals surface area contributed by atoms with Crippen molar-refractivity contribution in [2.45, 2.75) is 11.4 Å². The van der Waals surface area contributed by atoms with Crippen LogP contribution in [0.25, 0.3) is 0 Å². The predicted octanol–water partition coefficient (Wildman–Crippen LogP) is 2.18. The number of benzene rings is 2. The minimum Gasteiger partial charge on any atom is -0.466 e. The van der Waals surface area contributed by atoms with Gasteiger partial charge in [0.15, 0.2) is 5.76 Å². The first-order valence-electron chi connectivity index (χ1n) is 8.91. The van der Waals surface area contributed by atoms with Gasteiger partial charge in [-0.2, -0.15) is 0 Å². The Hall–Kier alpha value is -3.65. The van der Waals surface area contributed by atoms with Crippen molar-refractivity contribution in [2.75, 3.05) is 21.3 Å². The van der Waals surface area contributed by atoms with E-state index < -0.39 is 29.3 Å². The number of hydrogen-bond acceptors (Lipinski definition) is 8. The molecule has 0 saturated carbocycles. The van der Waals surface area contributed by atoms with Crippen LogP contribution in [0.3, 0.4) is 0 Å². The van der Waals surface area contributed by atoms with Crippen molar-refractivity contribution < 1.29 is 38.1 Å². The molecule has 0 N–H and O–H groups in total. The molecule has 30 heavy (non-hydrogen) atoms. The fraction of sp³-hybridized carbons (Fsp3) is 0.227. The average molecular weight is 412 g/mol. The molecule has 1 fully saturated rings. The maximum absolute atomic E-state index is 13.1. The lowest BCUT2D eigenvalue weighted by molar-refractivity contribution is -0.226. The minimum atomic E-state index is -2.17. The molecular weight excluding hydrogens is 392 g/mol. The van der Waals surface area contributed by atoms with Gasteiger partial charge in [0.1, 0.15) is 0 Å². The van der Waals surface area contributed by atoms with Crippen molar-refractivity contribution >= 4 is 17.9 Å². The Morgan fingerprint density at radius 2 is 1.30 bits per heavy atom. The zero-order valence-electron chi connectivity index (χ0n) is 16.6. The Labute approximate surface area is 172 Å². The normalized spacial score (nSPS) is 24.0. The van der Waals surface area contributed by atoms with Gasteiger partial charge < -0.3 is 18.9 Å². The number of ether oxygens (including phenoxy) is 5. The van der Waals surface area contributed by atoms with Crippen LogP contribution in [0.2, 0.25) is 0 Å². The summed E-state index contributed by atoms with van der Waals surface area (Å²) >= 11 is 0. The summed E-state index contributed by atoms with van der Waals surface area (Å²) in [5, 5.41) is 0. The number of carbonyl (C=O) groups excluding carboxylic acids is 3. The van der Waals surface area contributed by atoms with Crippen molar-refractivity contribution in [3.63, 3.8) is 0 Å². The van der Waals surface area contributed by atoms with E-state index in [1.807, 2.05) is 0 Å². The predicted molar refractivity (Wildman–Crippen MR) is 103 cm³/mol. The van der Waals surface area contributed by atoms with E-state index in [2.05, 4.69) is 0 Å². The number of hydrogen-bond donors (Lipinski definition) is 0. The Kier molecular flexibility index (Phi) is 5.89. The molecule has 1 aliphatic rings. The molecule has 0 bridgehead atoms. The van der Waals surface area contributed by atoms with Crippen molar-refractivity contribution in [1.82, 2.24) is 0 Å². The maximum atomic E-state index is 13.1. The Morgan fingerprint density at radius 1 is 0.767 bits per heavy atom. The molecule has 1 aliphatic heterocycles. The number of methoxy groups -OCH3 is 3. The molecule has 8 nitrogen and oxygen atoms in total. The molecule has 0 aliphatic carbocycles. The van der Waals surface area contributed by atoms with Crippen LogP contribution in [0.5, 0.6) is 0 Å². The van der Waals surface area contributed by atoms with Gasteiger partial charge in [0, 0.05) is 11.1 Å². The van der Waals surface area contributed by atoms with Gasteiger partial charge in [-0.05, 0) is 0 Å². The van der Waals surface area contributed by atoms with Crippen molar-refractivity contribution in [1.29, 1.82) is 0 Å². The van der Waals surface area contributed by atoms with E-state index in [0.29, 0.717) is 0 Å². The summed E-state index contributed by atoms with van der Waals surface area (Å²) in [6.07, 6.45) is 0.942. The lowest BCUT2D eigenvalue weighted by Gasteiger charge is -2.28. The van der Waals surface area contributed by atoms with Gasteiger partial charge in [-0.1, -0.05) is 60.7 Å². The standard InChI is InChI=1S/C22H20O8/c1-26-18(23)14-17-21(19(24)27-2,15-10-6-4-7-11-15)30-22(29-17,20(25)28-3)16-12-8-5-9-13-16/h4-14H,1-3H3/b17-14-. The Bertz CT molecular complexity index is 969. The molecule has 1 saturated heterocycles. The molecule has 0 aromatic heterocycles. The fourth-order valence-electron chi connectivity index (χ4n) is 3.20. The molecule has 3 rings (SSSR count). The highest BCUT2D eigenvalue weighted by Crippen LogP contribution is 2.52. The number of carbonyl (C=O) groups is 3. The third-order valence-corrected chi connectivity index (χ3v) is 4.61. The van der Waals surface area contributed by atoms with Gasteiger partial charge >= 0.3 is 23.7 Å². The second kappa shape index (κ2) is 8.38. The van der Waals surface area contributed by atoms with Crippen molar-refractivity contribution in [3.8, 4) is 0 Å². The van der Waals surface area contributed by atoms with Crippen molar-refractivity contribution in [2.24, 2.45) is 0 Å². The van der Waals surface area contributed by atoms with E-state index in [4.69, 9.17) is 23.7 Å². The summed E-state index contributed by atoms with van der Waals surface area (Å²) in [7, 11) is 3.49. The molecule has 8 heteroatoms. The summed E-state index contributed by atoms with van der Waals surface area (Å²) in [5.41, 5.74) is -1.52. The second-order valence-corrected chi connectivity index (χ2v) is 6.25. The zero-order valence-corrected chi connectivity index (χ0v) is 16.6. The molecule has 156 valence electrons. The highest BCUT2D eigenvalue weighted by atomic mass is 16.8. The summed E-state index contributed by atoms with van der Waals surface area (Å²) in [5.74, 6) is -5.08. The first kappa shape index (κ1) is 21.1. The van der Waals surface area contributed by atoms with Crippen molar-refractivity contribution in [3.05, 3.63) is 83.6 Å². The van der Waals surface area contributed by atoms with Gasteiger partial charge in [0.2, 0.25) is 0 Å². The Balaban J connectivity index is 2.34. The lowest BCUT2D eigenvalue weighted by Crippen LogP contribution is -2.44. The van der Waals surface area contributed by atoms with Crippen LogP contribution in [0.1, 0.15) is 11.1 Å². The summed E-state index contributed by atoms with van der Waals surface area (Å²) in [6.45, 7) is 0. The SMILES string of the molecule is COC(=O)/C=C1\OC(C(=O)OC)(c2ccccc2)OC1(C(=O)OC)c1ccccc1. The average Bonchev–Trinajstić information content (AvgIpc) is 3.16. The van der Waals surface area contributed by atoms with Gasteiger partial charge in [0.05, 0.1) is 27.4 Å². The van der Waals surface area contributed by atoms with Crippen LogP contribution in [0, 0.1) is 0 Å². The van der Waals surface area contributed by atoms with E-state index >= 15 is 0 Å². The highest BCUT2D eigenvalue weighted by Gasteiger charge is 2.66. The van der Waals surface area contributed by atoms with Gasteiger partial charge in [-0.25, -0.2) is 14.4 Å². The van der Waals surface area contributed by atoms with Crippen LogP contribution in [-0.2, 0) is 49.5 Å². The lowest BCUT2D eigenvalue weighted by atomic mass is 9.91. The molecule has 0 amide bonds. The molecular formula is C22H20O8. The van der Waals surface area contributed by atoms with Crippen LogP contribution in [0.15, 0.2) is 72.5 Å². The highest BCUT2D eigenvalue weighted by molar-refractivity contribution is 5.92. The monoisotopic (exact) mass is 412 g/mol. The third-order valence-electron chi connectivity index (χ3n) is 4.61. The molecule has 2 aromatic rings. The molecule has 2 atom stereocenters. The summed E-state index contributed by atoms with van der Waals surface area (Å²) in [4.78, 5) is 38.1. The number of esters is 3. The molecule has 1 heterocycles. The largest absolute Gasteiger partial charge is 0.466 e. The molecule has 0 radical (unpaired) electrons. The summed E-state index contributed by atoms with van der Waals surface area (Å²) in [6, 6.07) is 16.5. The fourth-order valence-corrected chi connectivity index (χ4v) is 3.20. The van der Waals surface area contributed by atoms with Gasteiger partial charge in [0.25, 0.3) is 5.60 Å². The topological polar surface area (TPSA) is 97.4 Å². The van der Waals surface area contributed by atoms with Gasteiger partial charge in [-0.3, -0.25) is 4.74 Å². The molecule has 0 spiro atoms. The second-order valence-electron chi connectivity index (χ2n) is 6.25. The van der Waals surface area contributed by atoms with E-state index in [-0.39, 0.29) is 16.9 Å². The van der Waals surface area contributed by atoms with Crippen LogP contribution < -0.4 is 0 Å². The molecule has 2 unspecified atom stereocenters. The van der Waals surface area contributed by atoms with Crippen LogP contribution in [-0.4, -0.2) is 39.2 Å².